The Kier molecular flexibility index (Phi) is 8.76. The summed E-state index contributed by atoms with van der Waals surface area (Å²) < 4.78 is 0. The molecule has 5 nitrogen and oxygen atoms in total. The number of likely N-dealkylation sites (tertiary alicyclic amines) is 1. The Morgan fingerprint density at radius 1 is 1.32 bits per heavy atom. The number of carbonyl (C=O) groups is 2. The van der Waals surface area contributed by atoms with Crippen LogP contribution in [0, 0.1) is 5.92 Å². The molecule has 6 heteroatoms. The third-order valence-electron chi connectivity index (χ3n) is 3.52. The van der Waals surface area contributed by atoms with Crippen LogP contribution in [0.2, 0.25) is 0 Å². The minimum Gasteiger partial charge on any atom is -0.345 e. The van der Waals surface area contributed by atoms with Gasteiger partial charge >= 0.3 is 0 Å². The molecule has 1 fully saturated rings. The summed E-state index contributed by atoms with van der Waals surface area (Å²) in [5, 5.41) is 5.81. The molecule has 0 aromatic heterocycles. The number of rotatable bonds is 5. The first-order valence-electron chi connectivity index (χ1n) is 6.75. The summed E-state index contributed by atoms with van der Waals surface area (Å²) in [4.78, 5) is 24.8. The number of amides is 2. The van der Waals surface area contributed by atoms with E-state index in [1.54, 1.807) is 6.92 Å². The maximum Gasteiger partial charge on any atom is 0.244 e. The first-order valence-corrected chi connectivity index (χ1v) is 6.75. The Morgan fingerprint density at radius 2 is 1.89 bits per heavy atom. The Labute approximate surface area is 121 Å². The summed E-state index contributed by atoms with van der Waals surface area (Å²) in [6, 6.07) is -0.406. The van der Waals surface area contributed by atoms with Gasteiger partial charge in [-0.1, -0.05) is 0 Å². The standard InChI is InChI=1S/C13H25N3O2.ClH/c1-10(15-11(2)17)13(18)16-8-5-12(6-9-16)4-7-14-3;/h10,12,14H,4-9H2,1-3H3,(H,15,17);1H. The predicted molar refractivity (Wildman–Crippen MR) is 78.4 cm³/mol. The van der Waals surface area contributed by atoms with Crippen LogP contribution >= 0.6 is 12.4 Å². The molecule has 1 unspecified atom stereocenters. The van der Waals surface area contributed by atoms with Crippen molar-refractivity contribution in [1.29, 1.82) is 0 Å². The van der Waals surface area contributed by atoms with Crippen LogP contribution < -0.4 is 10.6 Å². The predicted octanol–water partition coefficient (Wildman–Crippen LogP) is 0.781. The lowest BCUT2D eigenvalue weighted by Gasteiger charge is -2.33. The van der Waals surface area contributed by atoms with Gasteiger partial charge in [0.2, 0.25) is 11.8 Å². The highest BCUT2D eigenvalue weighted by molar-refractivity contribution is 5.86. The van der Waals surface area contributed by atoms with Gasteiger partial charge in [-0.2, -0.15) is 0 Å². The summed E-state index contributed by atoms with van der Waals surface area (Å²) in [5.74, 6) is 0.606. The van der Waals surface area contributed by atoms with Crippen LogP contribution in [0.1, 0.15) is 33.1 Å². The number of carbonyl (C=O) groups excluding carboxylic acids is 2. The van der Waals surface area contributed by atoms with E-state index in [1.165, 1.54) is 13.3 Å². The molecule has 1 aliphatic heterocycles. The number of hydrogen-bond acceptors (Lipinski definition) is 3. The SMILES string of the molecule is CNCCC1CCN(C(=O)C(C)NC(C)=O)CC1.Cl. The van der Waals surface area contributed by atoms with Crippen LogP contribution in [0.15, 0.2) is 0 Å². The van der Waals surface area contributed by atoms with Crippen LogP contribution in [0.5, 0.6) is 0 Å². The lowest BCUT2D eigenvalue weighted by Crippen LogP contribution is -2.49. The van der Waals surface area contributed by atoms with Crippen LogP contribution in [0.3, 0.4) is 0 Å². The minimum atomic E-state index is -0.406. The van der Waals surface area contributed by atoms with E-state index in [9.17, 15) is 9.59 Å². The fourth-order valence-corrected chi connectivity index (χ4v) is 2.43. The van der Waals surface area contributed by atoms with E-state index in [-0.39, 0.29) is 24.2 Å². The van der Waals surface area contributed by atoms with Gasteiger partial charge in [0.05, 0.1) is 0 Å². The van der Waals surface area contributed by atoms with Crippen molar-refractivity contribution < 1.29 is 9.59 Å². The third kappa shape index (κ3) is 6.25. The maximum atomic E-state index is 12.1. The summed E-state index contributed by atoms with van der Waals surface area (Å²) >= 11 is 0. The van der Waals surface area contributed by atoms with Crippen molar-refractivity contribution in [2.45, 2.75) is 39.2 Å². The molecule has 0 saturated carbocycles. The summed E-state index contributed by atoms with van der Waals surface area (Å²) in [5.41, 5.74) is 0. The molecule has 0 aromatic carbocycles. The van der Waals surface area contributed by atoms with Crippen LogP contribution in [0.25, 0.3) is 0 Å². The van der Waals surface area contributed by atoms with Crippen LogP contribution in [-0.2, 0) is 9.59 Å². The van der Waals surface area contributed by atoms with Gasteiger partial charge in [0.25, 0.3) is 0 Å². The van der Waals surface area contributed by atoms with Crippen molar-refractivity contribution in [3.05, 3.63) is 0 Å². The average molecular weight is 292 g/mol. The Bertz CT molecular complexity index is 292. The molecule has 2 amide bonds. The number of piperidine rings is 1. The largest absolute Gasteiger partial charge is 0.345 e. The van der Waals surface area contributed by atoms with Crippen molar-refractivity contribution in [1.82, 2.24) is 15.5 Å². The van der Waals surface area contributed by atoms with Gasteiger partial charge in [-0.3, -0.25) is 9.59 Å². The maximum absolute atomic E-state index is 12.1. The number of hydrogen-bond donors (Lipinski definition) is 2. The lowest BCUT2D eigenvalue weighted by molar-refractivity contribution is -0.136. The van der Waals surface area contributed by atoms with E-state index in [0.29, 0.717) is 0 Å². The second kappa shape index (κ2) is 9.15. The highest BCUT2D eigenvalue weighted by Gasteiger charge is 2.25. The first kappa shape index (κ1) is 18.2. The zero-order valence-corrected chi connectivity index (χ0v) is 12.9. The topological polar surface area (TPSA) is 61.4 Å². The van der Waals surface area contributed by atoms with E-state index in [4.69, 9.17) is 0 Å². The van der Waals surface area contributed by atoms with E-state index in [2.05, 4.69) is 10.6 Å². The van der Waals surface area contributed by atoms with Gasteiger partial charge < -0.3 is 15.5 Å². The van der Waals surface area contributed by atoms with Crippen molar-refractivity contribution >= 4 is 24.2 Å². The van der Waals surface area contributed by atoms with Crippen LogP contribution in [0.4, 0.5) is 0 Å². The molecule has 1 atom stereocenters. The average Bonchev–Trinajstić information content (AvgIpc) is 2.35. The second-order valence-corrected chi connectivity index (χ2v) is 5.08. The fourth-order valence-electron chi connectivity index (χ4n) is 2.43. The van der Waals surface area contributed by atoms with Gasteiger partial charge in [-0.15, -0.1) is 12.4 Å². The molecule has 1 rings (SSSR count). The van der Waals surface area contributed by atoms with E-state index < -0.39 is 6.04 Å². The molecular weight excluding hydrogens is 266 g/mol. The minimum absolute atomic E-state index is 0. The molecule has 0 radical (unpaired) electrons. The second-order valence-electron chi connectivity index (χ2n) is 5.08. The zero-order chi connectivity index (χ0) is 13.5. The Hall–Kier alpha value is -0.810. The van der Waals surface area contributed by atoms with Gasteiger partial charge in [0, 0.05) is 20.0 Å². The highest BCUT2D eigenvalue weighted by atomic mass is 35.5. The molecule has 1 aliphatic rings. The molecule has 19 heavy (non-hydrogen) atoms. The molecule has 1 saturated heterocycles. The lowest BCUT2D eigenvalue weighted by atomic mass is 9.93. The van der Waals surface area contributed by atoms with Crippen molar-refractivity contribution in [3.8, 4) is 0 Å². The monoisotopic (exact) mass is 291 g/mol. The molecule has 112 valence electrons. The number of nitrogens with zero attached hydrogens (tertiary/aromatic N) is 1. The van der Waals surface area contributed by atoms with Gasteiger partial charge in [-0.25, -0.2) is 0 Å². The van der Waals surface area contributed by atoms with Gasteiger partial charge in [0.15, 0.2) is 0 Å². The molecule has 2 N–H and O–H groups in total. The smallest absolute Gasteiger partial charge is 0.244 e. The molecule has 0 aliphatic carbocycles. The van der Waals surface area contributed by atoms with Crippen LogP contribution in [-0.4, -0.2) is 49.4 Å². The van der Waals surface area contributed by atoms with Gasteiger partial charge in [0.1, 0.15) is 6.04 Å². The highest BCUT2D eigenvalue weighted by Crippen LogP contribution is 2.20. The molecule has 0 spiro atoms. The third-order valence-corrected chi connectivity index (χ3v) is 3.52. The van der Waals surface area contributed by atoms with Gasteiger partial charge in [-0.05, 0) is 45.7 Å². The molecule has 1 heterocycles. The summed E-state index contributed by atoms with van der Waals surface area (Å²) in [7, 11) is 1.97. The number of halogens is 1. The number of nitrogens with one attached hydrogen (secondary N) is 2. The van der Waals surface area contributed by atoms with Crippen molar-refractivity contribution in [2.75, 3.05) is 26.7 Å². The normalized spacial score (nSPS) is 17.5. The quantitative estimate of drug-likeness (QED) is 0.787. The fraction of sp³-hybridized carbons (Fsp3) is 0.846. The molecule has 0 aromatic rings. The first-order chi connectivity index (χ1) is 8.54. The molecular formula is C13H26ClN3O2. The molecule has 0 bridgehead atoms. The van der Waals surface area contributed by atoms with Crippen molar-refractivity contribution in [2.24, 2.45) is 5.92 Å². The Balaban J connectivity index is 0.00000324. The van der Waals surface area contributed by atoms with E-state index in [1.807, 2.05) is 11.9 Å². The van der Waals surface area contributed by atoms with E-state index >= 15 is 0 Å². The van der Waals surface area contributed by atoms with Crippen molar-refractivity contribution in [3.63, 3.8) is 0 Å². The summed E-state index contributed by atoms with van der Waals surface area (Å²) in [6.45, 7) is 5.86. The Morgan fingerprint density at radius 3 is 2.37 bits per heavy atom. The zero-order valence-electron chi connectivity index (χ0n) is 12.1. The summed E-state index contributed by atoms with van der Waals surface area (Å²) in [6.07, 6.45) is 3.32. The van der Waals surface area contributed by atoms with E-state index in [0.717, 1.165) is 38.4 Å².